The van der Waals surface area contributed by atoms with Gasteiger partial charge in [-0.1, -0.05) is 20.8 Å². The Labute approximate surface area is 73.4 Å². The molecule has 0 aromatic rings. The van der Waals surface area contributed by atoms with Crippen LogP contribution in [0.5, 0.6) is 0 Å². The van der Waals surface area contributed by atoms with Gasteiger partial charge in [-0.3, -0.25) is 4.55 Å². The van der Waals surface area contributed by atoms with Gasteiger partial charge in [-0.15, -0.1) is 0 Å². The molecule has 74 valence electrons. The summed E-state index contributed by atoms with van der Waals surface area (Å²) in [5.74, 6) is -0.579. The lowest BCUT2D eigenvalue weighted by atomic mass is 9.90. The first kappa shape index (κ1) is 11.9. The first-order chi connectivity index (χ1) is 5.10. The smallest absolute Gasteiger partial charge is 0.267 e. The fourth-order valence-corrected chi connectivity index (χ4v) is 1.61. The van der Waals surface area contributed by atoms with E-state index in [4.69, 9.17) is 4.55 Å². The van der Waals surface area contributed by atoms with Gasteiger partial charge < -0.3 is 5.11 Å². The molecule has 0 saturated heterocycles. The molecular formula is C7H16O4S. The Morgan fingerprint density at radius 2 is 1.75 bits per heavy atom. The van der Waals surface area contributed by atoms with Crippen molar-refractivity contribution in [2.75, 3.05) is 5.75 Å². The summed E-state index contributed by atoms with van der Waals surface area (Å²) in [6.07, 6.45) is -0.632. The van der Waals surface area contributed by atoms with Crippen molar-refractivity contribution in [3.63, 3.8) is 0 Å². The van der Waals surface area contributed by atoms with Crippen LogP contribution < -0.4 is 0 Å². The molecule has 0 aliphatic heterocycles. The van der Waals surface area contributed by atoms with E-state index < -0.39 is 22.0 Å². The molecule has 0 aromatic carbocycles. The van der Waals surface area contributed by atoms with Crippen LogP contribution in [-0.2, 0) is 10.1 Å². The third kappa shape index (κ3) is 7.97. The van der Waals surface area contributed by atoms with Gasteiger partial charge in [-0.2, -0.15) is 8.42 Å². The molecule has 0 heterocycles. The highest BCUT2D eigenvalue weighted by molar-refractivity contribution is 7.85. The van der Waals surface area contributed by atoms with Crippen LogP contribution >= 0.6 is 0 Å². The topological polar surface area (TPSA) is 74.6 Å². The Kier molecular flexibility index (Phi) is 3.68. The molecule has 0 aromatic heterocycles. The highest BCUT2D eigenvalue weighted by Gasteiger charge is 2.20. The summed E-state index contributed by atoms with van der Waals surface area (Å²) in [6.45, 7) is 5.67. The normalized spacial score (nSPS) is 16.1. The van der Waals surface area contributed by atoms with Crippen molar-refractivity contribution in [2.24, 2.45) is 5.41 Å². The second-order valence-corrected chi connectivity index (χ2v) is 5.66. The second kappa shape index (κ2) is 3.72. The quantitative estimate of drug-likeness (QED) is 0.651. The van der Waals surface area contributed by atoms with E-state index in [9.17, 15) is 13.5 Å². The van der Waals surface area contributed by atoms with E-state index in [1.165, 1.54) is 0 Å². The molecule has 0 aliphatic carbocycles. The largest absolute Gasteiger partial charge is 0.392 e. The molecule has 0 spiro atoms. The molecule has 12 heavy (non-hydrogen) atoms. The standard InChI is InChI=1S/C7H16O4S/c1-7(2,3)4-6(8)5-12(9,10)11/h6,8H,4-5H2,1-3H3,(H,9,10,11). The molecule has 0 bridgehead atoms. The molecule has 5 heteroatoms. The summed E-state index contributed by atoms with van der Waals surface area (Å²) in [6, 6.07) is 0. The monoisotopic (exact) mass is 196 g/mol. The molecule has 0 radical (unpaired) electrons. The number of hydrogen-bond acceptors (Lipinski definition) is 3. The summed E-state index contributed by atoms with van der Waals surface area (Å²) < 4.78 is 29.0. The maximum Gasteiger partial charge on any atom is 0.267 e. The second-order valence-electron chi connectivity index (χ2n) is 4.17. The molecule has 0 fully saturated rings. The van der Waals surface area contributed by atoms with Crippen molar-refractivity contribution in [3.8, 4) is 0 Å². The summed E-state index contributed by atoms with van der Waals surface area (Å²) in [4.78, 5) is 0. The van der Waals surface area contributed by atoms with Gasteiger partial charge in [0.1, 0.15) is 5.75 Å². The van der Waals surface area contributed by atoms with Crippen LogP contribution in [0.1, 0.15) is 27.2 Å². The van der Waals surface area contributed by atoms with Crippen LogP contribution in [0.2, 0.25) is 0 Å². The lowest BCUT2D eigenvalue weighted by Gasteiger charge is -2.21. The zero-order chi connectivity index (χ0) is 9.99. The van der Waals surface area contributed by atoms with Crippen molar-refractivity contribution in [2.45, 2.75) is 33.3 Å². The number of hydrogen-bond donors (Lipinski definition) is 2. The van der Waals surface area contributed by atoms with Gasteiger partial charge in [-0.25, -0.2) is 0 Å². The van der Waals surface area contributed by atoms with Crippen LogP contribution in [0.4, 0.5) is 0 Å². The minimum atomic E-state index is -4.05. The third-order valence-corrected chi connectivity index (χ3v) is 2.06. The predicted octanol–water partition coefficient (Wildman–Crippen LogP) is 0.671. The first-order valence-corrected chi connectivity index (χ1v) is 5.34. The van der Waals surface area contributed by atoms with Crippen LogP contribution in [0.3, 0.4) is 0 Å². The van der Waals surface area contributed by atoms with E-state index in [1.54, 1.807) is 0 Å². The van der Waals surface area contributed by atoms with Crippen LogP contribution in [-0.4, -0.2) is 29.9 Å². The van der Waals surface area contributed by atoms with E-state index >= 15 is 0 Å². The lowest BCUT2D eigenvalue weighted by Crippen LogP contribution is -2.25. The minimum Gasteiger partial charge on any atom is -0.392 e. The Hall–Kier alpha value is -0.130. The van der Waals surface area contributed by atoms with E-state index in [-0.39, 0.29) is 5.41 Å². The van der Waals surface area contributed by atoms with E-state index in [0.29, 0.717) is 6.42 Å². The number of rotatable bonds is 3. The molecule has 4 nitrogen and oxygen atoms in total. The molecule has 1 unspecified atom stereocenters. The van der Waals surface area contributed by atoms with E-state index in [0.717, 1.165) is 0 Å². The Morgan fingerprint density at radius 3 is 2.00 bits per heavy atom. The number of aliphatic hydroxyl groups is 1. The average Bonchev–Trinajstić information content (AvgIpc) is 1.49. The fraction of sp³-hybridized carbons (Fsp3) is 1.00. The molecule has 2 N–H and O–H groups in total. The Morgan fingerprint density at radius 1 is 1.33 bits per heavy atom. The minimum absolute atomic E-state index is 0.135. The summed E-state index contributed by atoms with van der Waals surface area (Å²) >= 11 is 0. The molecule has 1 atom stereocenters. The van der Waals surface area contributed by atoms with Crippen molar-refractivity contribution >= 4 is 10.1 Å². The van der Waals surface area contributed by atoms with Crippen molar-refractivity contribution in [1.82, 2.24) is 0 Å². The molecular weight excluding hydrogens is 180 g/mol. The highest BCUT2D eigenvalue weighted by Crippen LogP contribution is 2.21. The Balaban J connectivity index is 4.00. The van der Waals surface area contributed by atoms with Gasteiger partial charge in [0.05, 0.1) is 6.10 Å². The predicted molar refractivity (Wildman–Crippen MR) is 46.5 cm³/mol. The van der Waals surface area contributed by atoms with Gasteiger partial charge >= 0.3 is 0 Å². The van der Waals surface area contributed by atoms with Crippen molar-refractivity contribution < 1.29 is 18.1 Å². The van der Waals surface area contributed by atoms with Crippen LogP contribution in [0, 0.1) is 5.41 Å². The highest BCUT2D eigenvalue weighted by atomic mass is 32.2. The van der Waals surface area contributed by atoms with Gasteiger partial charge in [0.15, 0.2) is 0 Å². The van der Waals surface area contributed by atoms with Gasteiger partial charge in [0.25, 0.3) is 10.1 Å². The Bertz CT molecular complexity index is 224. The SMILES string of the molecule is CC(C)(C)CC(O)CS(=O)(=O)O. The molecule has 0 saturated carbocycles. The average molecular weight is 196 g/mol. The van der Waals surface area contributed by atoms with Gasteiger partial charge in [0, 0.05) is 0 Å². The maximum absolute atomic E-state index is 10.3. The summed E-state index contributed by atoms with van der Waals surface area (Å²) in [5, 5.41) is 9.18. The van der Waals surface area contributed by atoms with Crippen LogP contribution in [0.15, 0.2) is 0 Å². The summed E-state index contributed by atoms with van der Waals surface area (Å²) in [5.41, 5.74) is -0.135. The zero-order valence-electron chi connectivity index (χ0n) is 7.61. The summed E-state index contributed by atoms with van der Waals surface area (Å²) in [7, 11) is -4.05. The van der Waals surface area contributed by atoms with Gasteiger partial charge in [0.2, 0.25) is 0 Å². The maximum atomic E-state index is 10.3. The third-order valence-electron chi connectivity index (χ3n) is 1.25. The fourth-order valence-electron chi connectivity index (χ4n) is 1.01. The van der Waals surface area contributed by atoms with E-state index in [1.807, 2.05) is 20.8 Å². The van der Waals surface area contributed by atoms with Crippen molar-refractivity contribution in [3.05, 3.63) is 0 Å². The first-order valence-electron chi connectivity index (χ1n) is 3.73. The van der Waals surface area contributed by atoms with E-state index in [2.05, 4.69) is 0 Å². The number of aliphatic hydroxyl groups excluding tert-OH is 1. The van der Waals surface area contributed by atoms with Crippen molar-refractivity contribution in [1.29, 1.82) is 0 Å². The zero-order valence-corrected chi connectivity index (χ0v) is 8.43. The molecule has 0 rings (SSSR count). The van der Waals surface area contributed by atoms with Crippen LogP contribution in [0.25, 0.3) is 0 Å². The lowest BCUT2D eigenvalue weighted by molar-refractivity contribution is 0.139. The molecule has 0 amide bonds. The van der Waals surface area contributed by atoms with Gasteiger partial charge in [-0.05, 0) is 11.8 Å². The molecule has 0 aliphatic rings.